The van der Waals surface area contributed by atoms with Gasteiger partial charge < -0.3 is 0 Å². The van der Waals surface area contributed by atoms with Crippen LogP contribution in [0, 0.1) is 12.8 Å². The molecular formula is C22H21BN2O. The van der Waals surface area contributed by atoms with Crippen molar-refractivity contribution in [1.82, 2.24) is 9.55 Å². The molecule has 0 spiro atoms. The van der Waals surface area contributed by atoms with Crippen LogP contribution in [0.15, 0.2) is 60.8 Å². The van der Waals surface area contributed by atoms with Crippen molar-refractivity contribution < 1.29 is 4.79 Å². The SMILES string of the molecule is C#C.CC(=O)c1cccc(-c2cbc(/C=C\Cc3ccncc3)n2C)c1. The number of nitrogens with zero attached hydrogens (tertiary/aromatic N) is 2. The molecule has 3 nitrogen and oxygen atoms in total. The van der Waals surface area contributed by atoms with Gasteiger partial charge in [-0.3, -0.25) is 0 Å². The fourth-order valence-corrected chi connectivity index (χ4v) is 2.72. The molecule has 3 rings (SSSR count). The van der Waals surface area contributed by atoms with Crippen LogP contribution < -0.4 is 0 Å². The standard InChI is InChI=1S/C20H19BN2O.C2H2/c1-15(24)17-6-4-7-18(13-17)19-14-21-20(23(19)2)8-3-5-16-9-11-22-12-10-16;1-2/h3-4,6-14H,5H2,1-2H3;1-2H/b8-3-;. The fourth-order valence-electron chi connectivity index (χ4n) is 2.72. The molecule has 2 aromatic heterocycles. The third kappa shape index (κ3) is 4.67. The molecular weight excluding hydrogens is 319 g/mol. The maximum atomic E-state index is 11.6. The van der Waals surface area contributed by atoms with E-state index in [9.17, 15) is 4.79 Å². The Morgan fingerprint density at radius 1 is 1.23 bits per heavy atom. The van der Waals surface area contributed by atoms with E-state index in [1.807, 2.05) is 55.8 Å². The van der Waals surface area contributed by atoms with E-state index in [2.05, 4.69) is 47.4 Å². The van der Waals surface area contributed by atoms with E-state index in [0.29, 0.717) is 0 Å². The third-order valence-electron chi connectivity index (χ3n) is 4.12. The predicted molar refractivity (Wildman–Crippen MR) is 109 cm³/mol. The Labute approximate surface area is 155 Å². The quantitative estimate of drug-likeness (QED) is 0.517. The Kier molecular flexibility index (Phi) is 6.88. The molecule has 3 aromatic rings. The second kappa shape index (κ2) is 9.34. The third-order valence-corrected chi connectivity index (χ3v) is 4.12. The monoisotopic (exact) mass is 340 g/mol. The Bertz CT molecular complexity index is 924. The first-order chi connectivity index (χ1) is 12.6. The number of pyridine rings is 1. The van der Waals surface area contributed by atoms with Gasteiger partial charge in [-0.1, -0.05) is 0 Å². The first kappa shape index (κ1) is 19.1. The first-order valence-corrected chi connectivity index (χ1v) is 8.31. The Morgan fingerprint density at radius 2 is 1.96 bits per heavy atom. The zero-order valence-electron chi connectivity index (χ0n) is 15.1. The number of ketones is 1. The molecule has 0 aliphatic rings. The summed E-state index contributed by atoms with van der Waals surface area (Å²) in [5.74, 6) is 2.18. The van der Waals surface area contributed by atoms with Crippen LogP contribution in [-0.4, -0.2) is 22.2 Å². The topological polar surface area (TPSA) is 34.9 Å². The molecule has 0 radical (unpaired) electrons. The van der Waals surface area contributed by atoms with Gasteiger partial charge in [-0.25, -0.2) is 0 Å². The molecule has 0 amide bonds. The predicted octanol–water partition coefficient (Wildman–Crippen LogP) is 4.13. The summed E-state index contributed by atoms with van der Waals surface area (Å²) in [4.78, 5) is 15.6. The summed E-state index contributed by atoms with van der Waals surface area (Å²) < 4.78 is 2.14. The summed E-state index contributed by atoms with van der Waals surface area (Å²) >= 11 is 0. The van der Waals surface area contributed by atoms with Crippen molar-refractivity contribution in [3.05, 3.63) is 77.5 Å². The molecule has 26 heavy (non-hydrogen) atoms. The van der Waals surface area contributed by atoms with Crippen molar-refractivity contribution in [3.63, 3.8) is 0 Å². The molecule has 2 heterocycles. The summed E-state index contributed by atoms with van der Waals surface area (Å²) in [5.41, 5.74) is 5.27. The van der Waals surface area contributed by atoms with Gasteiger partial charge in [-0.15, -0.1) is 12.8 Å². The van der Waals surface area contributed by atoms with E-state index in [0.717, 1.165) is 28.8 Å². The normalized spacial score (nSPS) is 10.2. The summed E-state index contributed by atoms with van der Waals surface area (Å²) in [6, 6.07) is 11.8. The van der Waals surface area contributed by atoms with E-state index >= 15 is 0 Å². The summed E-state index contributed by atoms with van der Waals surface area (Å²) in [6.45, 7) is 3.69. The minimum absolute atomic E-state index is 0.0866. The van der Waals surface area contributed by atoms with Crippen molar-refractivity contribution in [1.29, 1.82) is 0 Å². The second-order valence-electron chi connectivity index (χ2n) is 5.80. The number of benzene rings is 1. The van der Waals surface area contributed by atoms with E-state index in [4.69, 9.17) is 0 Å². The van der Waals surface area contributed by atoms with Gasteiger partial charge in [0.25, 0.3) is 0 Å². The molecule has 1 aromatic carbocycles. The van der Waals surface area contributed by atoms with Gasteiger partial charge >= 0.3 is 142 Å². The molecule has 4 heteroatoms. The van der Waals surface area contributed by atoms with Crippen molar-refractivity contribution in [2.24, 2.45) is 7.05 Å². The summed E-state index contributed by atoms with van der Waals surface area (Å²) in [6.07, 6.45) is 16.8. The van der Waals surface area contributed by atoms with Crippen LogP contribution in [0.5, 0.6) is 0 Å². The molecule has 0 aliphatic heterocycles. The zero-order chi connectivity index (χ0) is 18.9. The van der Waals surface area contributed by atoms with E-state index in [1.165, 1.54) is 5.56 Å². The molecule has 0 saturated carbocycles. The molecule has 0 unspecified atom stereocenters. The molecule has 128 valence electrons. The zero-order valence-corrected chi connectivity index (χ0v) is 15.1. The molecule has 0 fully saturated rings. The van der Waals surface area contributed by atoms with Crippen molar-refractivity contribution in [2.45, 2.75) is 13.3 Å². The van der Waals surface area contributed by atoms with Crippen molar-refractivity contribution >= 4 is 18.8 Å². The molecule has 0 aliphatic carbocycles. The number of aromatic nitrogens is 2. The van der Waals surface area contributed by atoms with Crippen molar-refractivity contribution in [2.75, 3.05) is 0 Å². The maximum absolute atomic E-state index is 11.6. The number of Topliss-reactive ketones (excluding diaryl/α,β-unsaturated/α-hetero) is 1. The summed E-state index contributed by atoms with van der Waals surface area (Å²) in [5, 5.41) is 0. The Hall–Kier alpha value is -3.19. The van der Waals surface area contributed by atoms with Crippen LogP contribution in [-0.2, 0) is 13.5 Å². The number of terminal acetylenes is 1. The van der Waals surface area contributed by atoms with E-state index < -0.39 is 0 Å². The van der Waals surface area contributed by atoms with Crippen LogP contribution in [0.25, 0.3) is 17.3 Å². The molecule has 0 atom stereocenters. The van der Waals surface area contributed by atoms with Gasteiger partial charge in [0.15, 0.2) is 0 Å². The number of carbonyl (C=O) groups is 1. The van der Waals surface area contributed by atoms with Crippen molar-refractivity contribution in [3.8, 4) is 24.1 Å². The van der Waals surface area contributed by atoms with Gasteiger partial charge in [-0.05, 0) is 0 Å². The van der Waals surface area contributed by atoms with Crippen LogP contribution in [0.1, 0.15) is 28.4 Å². The van der Waals surface area contributed by atoms with Gasteiger partial charge in [0.2, 0.25) is 0 Å². The average Bonchev–Trinajstić information content (AvgIpc) is 3.05. The van der Waals surface area contributed by atoms with Gasteiger partial charge in [0.05, 0.1) is 0 Å². The molecule has 0 saturated heterocycles. The number of hydrogen-bond acceptors (Lipinski definition) is 2. The number of hydrogen-bond donors (Lipinski definition) is 0. The van der Waals surface area contributed by atoms with E-state index in [-0.39, 0.29) is 5.78 Å². The van der Waals surface area contributed by atoms with E-state index in [1.54, 1.807) is 6.92 Å². The van der Waals surface area contributed by atoms with Gasteiger partial charge in [0.1, 0.15) is 0 Å². The van der Waals surface area contributed by atoms with Crippen LogP contribution >= 0.6 is 0 Å². The minimum atomic E-state index is 0.0866. The summed E-state index contributed by atoms with van der Waals surface area (Å²) in [7, 11) is 2.04. The first-order valence-electron chi connectivity index (χ1n) is 8.31. The van der Waals surface area contributed by atoms with Crippen LogP contribution in [0.4, 0.5) is 0 Å². The second-order valence-corrected chi connectivity index (χ2v) is 5.80. The number of rotatable bonds is 5. The average molecular weight is 340 g/mol. The van der Waals surface area contributed by atoms with Gasteiger partial charge in [0, 0.05) is 0 Å². The number of allylic oxidation sites excluding steroid dienone is 1. The van der Waals surface area contributed by atoms with Gasteiger partial charge in [-0.2, -0.15) is 0 Å². The molecule has 0 N–H and O–H groups in total. The Morgan fingerprint density at radius 3 is 2.65 bits per heavy atom. The van der Waals surface area contributed by atoms with Crippen LogP contribution in [0.3, 0.4) is 0 Å². The number of carbonyl (C=O) groups excluding carboxylic acids is 1. The molecule has 0 bridgehead atoms. The fraction of sp³-hybridized carbons (Fsp3) is 0.136. The Balaban J connectivity index is 0.00000117. The van der Waals surface area contributed by atoms with Crippen LogP contribution in [0.2, 0.25) is 0 Å².